The number of ether oxygens (including phenoxy) is 2. The summed E-state index contributed by atoms with van der Waals surface area (Å²) in [6.45, 7) is 8.19. The third-order valence-electron chi connectivity index (χ3n) is 2.13. The molecule has 0 atom stereocenters. The Morgan fingerprint density at radius 3 is 2.79 bits per heavy atom. The lowest BCUT2D eigenvalue weighted by molar-refractivity contribution is 0.0635. The van der Waals surface area contributed by atoms with E-state index in [1.807, 2.05) is 20.8 Å². The molecule has 0 unspecified atom stereocenters. The molecule has 0 aliphatic carbocycles. The van der Waals surface area contributed by atoms with Gasteiger partial charge in [-0.2, -0.15) is 0 Å². The molecule has 106 valence electrons. The lowest BCUT2D eigenvalue weighted by Gasteiger charge is -2.19. The second kappa shape index (κ2) is 6.97. The molecule has 5 heteroatoms. The van der Waals surface area contributed by atoms with Gasteiger partial charge >= 0.3 is 6.09 Å². The number of anilines is 1. The monoisotopic (exact) mass is 266 g/mol. The van der Waals surface area contributed by atoms with Gasteiger partial charge in [-0.15, -0.1) is 0 Å². The first-order valence-corrected chi connectivity index (χ1v) is 6.49. The molecule has 5 nitrogen and oxygen atoms in total. The molecule has 0 spiro atoms. The maximum absolute atomic E-state index is 11.6. The average molecular weight is 266 g/mol. The van der Waals surface area contributed by atoms with Crippen LogP contribution in [0, 0.1) is 0 Å². The van der Waals surface area contributed by atoms with E-state index in [2.05, 4.69) is 17.2 Å². The molecule has 1 N–H and O–H groups in total. The fourth-order valence-electron chi connectivity index (χ4n) is 1.31. The molecule has 0 fully saturated rings. The first kappa shape index (κ1) is 15.3. The zero-order valence-electron chi connectivity index (χ0n) is 12.0. The molecule has 1 heterocycles. The summed E-state index contributed by atoms with van der Waals surface area (Å²) in [5.41, 5.74) is -0.528. The predicted molar refractivity (Wildman–Crippen MR) is 74.5 cm³/mol. The number of amides is 1. The first-order valence-electron chi connectivity index (χ1n) is 6.49. The highest BCUT2D eigenvalue weighted by molar-refractivity contribution is 5.83. The van der Waals surface area contributed by atoms with E-state index in [1.165, 1.54) is 0 Å². The summed E-state index contributed by atoms with van der Waals surface area (Å²) in [6, 6.07) is 3.44. The van der Waals surface area contributed by atoms with Crippen LogP contribution in [0.3, 0.4) is 0 Å². The summed E-state index contributed by atoms with van der Waals surface area (Å²) in [7, 11) is 0. The zero-order chi connectivity index (χ0) is 14.3. The quantitative estimate of drug-likeness (QED) is 0.827. The van der Waals surface area contributed by atoms with Gasteiger partial charge in [-0.25, -0.2) is 9.78 Å². The molecule has 1 amide bonds. The van der Waals surface area contributed by atoms with Gasteiger partial charge in [0.25, 0.3) is 0 Å². The summed E-state index contributed by atoms with van der Waals surface area (Å²) in [4.78, 5) is 15.6. The van der Waals surface area contributed by atoms with Gasteiger partial charge in [0, 0.05) is 12.3 Å². The van der Waals surface area contributed by atoms with Crippen LogP contribution in [0.25, 0.3) is 0 Å². The van der Waals surface area contributed by atoms with Gasteiger partial charge in [-0.05, 0) is 33.3 Å². The molecule has 0 aliphatic heterocycles. The van der Waals surface area contributed by atoms with Gasteiger partial charge in [0.1, 0.15) is 17.2 Å². The fourth-order valence-corrected chi connectivity index (χ4v) is 1.31. The number of rotatable bonds is 5. The van der Waals surface area contributed by atoms with Crippen molar-refractivity contribution in [1.29, 1.82) is 0 Å². The van der Waals surface area contributed by atoms with Crippen LogP contribution in [0.4, 0.5) is 10.6 Å². The van der Waals surface area contributed by atoms with Crippen molar-refractivity contribution in [3.8, 4) is 5.75 Å². The van der Waals surface area contributed by atoms with E-state index in [0.717, 1.165) is 12.8 Å². The number of carbonyl (C=O) groups excluding carboxylic acids is 1. The van der Waals surface area contributed by atoms with Crippen LogP contribution in [0.2, 0.25) is 0 Å². The number of pyridine rings is 1. The highest BCUT2D eigenvalue weighted by Crippen LogP contribution is 2.16. The number of nitrogens with zero attached hydrogens (tertiary/aromatic N) is 1. The van der Waals surface area contributed by atoms with Crippen LogP contribution in [0.15, 0.2) is 18.3 Å². The number of hydrogen-bond donors (Lipinski definition) is 1. The summed E-state index contributed by atoms with van der Waals surface area (Å²) < 4.78 is 10.7. The van der Waals surface area contributed by atoms with E-state index >= 15 is 0 Å². The molecule has 0 saturated carbocycles. The number of aromatic nitrogens is 1. The van der Waals surface area contributed by atoms with Gasteiger partial charge in [-0.1, -0.05) is 13.3 Å². The van der Waals surface area contributed by atoms with Gasteiger partial charge in [0.2, 0.25) is 0 Å². The lowest BCUT2D eigenvalue weighted by atomic mass is 10.2. The van der Waals surface area contributed by atoms with Crippen LogP contribution in [-0.2, 0) is 4.74 Å². The third-order valence-corrected chi connectivity index (χ3v) is 2.13. The van der Waals surface area contributed by atoms with Crippen molar-refractivity contribution in [2.24, 2.45) is 0 Å². The van der Waals surface area contributed by atoms with Gasteiger partial charge in [0.15, 0.2) is 0 Å². The second-order valence-corrected chi connectivity index (χ2v) is 5.21. The Kier molecular flexibility index (Phi) is 5.60. The Labute approximate surface area is 114 Å². The van der Waals surface area contributed by atoms with Crippen molar-refractivity contribution < 1.29 is 14.3 Å². The SMILES string of the molecule is CCCCOc1ccnc(NC(=O)OC(C)(C)C)c1. The Hall–Kier alpha value is -1.78. The van der Waals surface area contributed by atoms with Crippen molar-refractivity contribution in [1.82, 2.24) is 4.98 Å². The molecule has 19 heavy (non-hydrogen) atoms. The summed E-state index contributed by atoms with van der Waals surface area (Å²) in [5.74, 6) is 1.11. The maximum Gasteiger partial charge on any atom is 0.413 e. The summed E-state index contributed by atoms with van der Waals surface area (Å²) in [6.07, 6.45) is 3.14. The van der Waals surface area contributed by atoms with Gasteiger partial charge in [0.05, 0.1) is 6.61 Å². The molecule has 1 aromatic rings. The smallest absolute Gasteiger partial charge is 0.413 e. The van der Waals surface area contributed by atoms with E-state index in [0.29, 0.717) is 18.2 Å². The Bertz CT molecular complexity index is 413. The molecule has 0 aliphatic rings. The minimum atomic E-state index is -0.528. The molecular formula is C14H22N2O3. The van der Waals surface area contributed by atoms with Gasteiger partial charge in [-0.3, -0.25) is 5.32 Å². The zero-order valence-corrected chi connectivity index (χ0v) is 12.0. The largest absolute Gasteiger partial charge is 0.493 e. The van der Waals surface area contributed by atoms with E-state index in [4.69, 9.17) is 9.47 Å². The van der Waals surface area contributed by atoms with E-state index < -0.39 is 11.7 Å². The molecule has 0 radical (unpaired) electrons. The standard InChI is InChI=1S/C14H22N2O3/c1-5-6-9-18-11-7-8-15-12(10-11)16-13(17)19-14(2,3)4/h7-8,10H,5-6,9H2,1-4H3,(H,15,16,17). The van der Waals surface area contributed by atoms with Crippen molar-refractivity contribution in [2.45, 2.75) is 46.1 Å². The van der Waals surface area contributed by atoms with E-state index in [1.54, 1.807) is 18.3 Å². The normalized spacial score (nSPS) is 10.9. The van der Waals surface area contributed by atoms with Crippen molar-refractivity contribution in [2.75, 3.05) is 11.9 Å². The molecule has 1 rings (SSSR count). The van der Waals surface area contributed by atoms with E-state index in [-0.39, 0.29) is 0 Å². The van der Waals surface area contributed by atoms with Crippen molar-refractivity contribution in [3.05, 3.63) is 18.3 Å². The van der Waals surface area contributed by atoms with Crippen molar-refractivity contribution in [3.63, 3.8) is 0 Å². The topological polar surface area (TPSA) is 60.5 Å². The van der Waals surface area contributed by atoms with Crippen LogP contribution in [0.1, 0.15) is 40.5 Å². The Balaban J connectivity index is 2.54. The van der Waals surface area contributed by atoms with Crippen LogP contribution in [0.5, 0.6) is 5.75 Å². The minimum absolute atomic E-state index is 0.420. The number of unbranched alkanes of at least 4 members (excludes halogenated alkanes) is 1. The molecule has 0 saturated heterocycles. The molecule has 1 aromatic heterocycles. The first-order chi connectivity index (χ1) is 8.90. The number of hydrogen-bond acceptors (Lipinski definition) is 4. The highest BCUT2D eigenvalue weighted by atomic mass is 16.6. The minimum Gasteiger partial charge on any atom is -0.493 e. The van der Waals surface area contributed by atoms with E-state index in [9.17, 15) is 4.79 Å². The van der Waals surface area contributed by atoms with Crippen LogP contribution < -0.4 is 10.1 Å². The predicted octanol–water partition coefficient (Wildman–Crippen LogP) is 3.61. The molecule has 0 bridgehead atoms. The lowest BCUT2D eigenvalue weighted by Crippen LogP contribution is -2.27. The summed E-state index contributed by atoms with van der Waals surface area (Å²) in [5, 5.41) is 2.58. The second-order valence-electron chi connectivity index (χ2n) is 5.21. The van der Waals surface area contributed by atoms with Crippen LogP contribution >= 0.6 is 0 Å². The van der Waals surface area contributed by atoms with Gasteiger partial charge < -0.3 is 9.47 Å². The molecule has 0 aromatic carbocycles. The molecular weight excluding hydrogens is 244 g/mol. The Morgan fingerprint density at radius 2 is 2.16 bits per heavy atom. The number of carbonyl (C=O) groups is 1. The average Bonchev–Trinajstić information content (AvgIpc) is 2.27. The Morgan fingerprint density at radius 1 is 1.42 bits per heavy atom. The summed E-state index contributed by atoms with van der Waals surface area (Å²) >= 11 is 0. The van der Waals surface area contributed by atoms with Crippen LogP contribution in [-0.4, -0.2) is 23.3 Å². The number of nitrogens with one attached hydrogen (secondary N) is 1. The van der Waals surface area contributed by atoms with Crippen molar-refractivity contribution >= 4 is 11.9 Å². The third kappa shape index (κ3) is 6.64. The fraction of sp³-hybridized carbons (Fsp3) is 0.571. The maximum atomic E-state index is 11.6. The highest BCUT2D eigenvalue weighted by Gasteiger charge is 2.16.